The van der Waals surface area contributed by atoms with Gasteiger partial charge in [-0.25, -0.2) is 4.68 Å². The predicted molar refractivity (Wildman–Crippen MR) is 108 cm³/mol. The highest BCUT2D eigenvalue weighted by Crippen LogP contribution is 2.29. The van der Waals surface area contributed by atoms with E-state index in [-0.39, 0.29) is 5.75 Å². The van der Waals surface area contributed by atoms with Crippen LogP contribution in [0.15, 0.2) is 56.3 Å². The molecule has 128 valence electrons. The Kier molecular flexibility index (Phi) is 5.64. The lowest BCUT2D eigenvalue weighted by atomic mass is 10.2. The van der Waals surface area contributed by atoms with Gasteiger partial charge < -0.3 is 5.11 Å². The van der Waals surface area contributed by atoms with Crippen molar-refractivity contribution in [2.75, 3.05) is 7.05 Å². The molecule has 1 N–H and O–H groups in total. The molecule has 4 nitrogen and oxygen atoms in total. The summed E-state index contributed by atoms with van der Waals surface area (Å²) in [5.74, 6) is 0.147. The molecule has 0 amide bonds. The molecule has 0 aliphatic heterocycles. The standard InChI is InChI=1S/C17H12BrCl2N3OS/c1-21-17-23(22-8-11-6-12(18)3-5-16(11)24)15(9-25-17)10-2-4-13(19)14(20)7-10/h2-9,24H,1H3. The smallest absolute Gasteiger partial charge is 0.205 e. The molecule has 25 heavy (non-hydrogen) atoms. The molecular formula is C17H12BrCl2N3OS. The van der Waals surface area contributed by atoms with Crippen molar-refractivity contribution in [2.24, 2.45) is 10.1 Å². The molecule has 0 saturated heterocycles. The Labute approximate surface area is 166 Å². The van der Waals surface area contributed by atoms with Crippen LogP contribution < -0.4 is 4.80 Å². The van der Waals surface area contributed by atoms with Crippen molar-refractivity contribution >= 4 is 56.7 Å². The number of phenolic OH excluding ortho intramolecular Hbond substituents is 1. The Hall–Kier alpha value is -1.60. The maximum absolute atomic E-state index is 9.97. The second-order valence-electron chi connectivity index (χ2n) is 5.02. The number of rotatable bonds is 3. The Balaban J connectivity index is 2.09. The van der Waals surface area contributed by atoms with Crippen molar-refractivity contribution in [3.8, 4) is 17.0 Å². The second-order valence-corrected chi connectivity index (χ2v) is 7.58. The molecule has 0 radical (unpaired) electrons. The molecule has 3 aromatic rings. The second kappa shape index (κ2) is 7.74. The quantitative estimate of drug-likeness (QED) is 0.526. The summed E-state index contributed by atoms with van der Waals surface area (Å²) in [4.78, 5) is 4.96. The van der Waals surface area contributed by atoms with E-state index in [0.717, 1.165) is 15.7 Å². The van der Waals surface area contributed by atoms with Crippen LogP contribution in [-0.4, -0.2) is 23.0 Å². The molecular weight excluding hydrogens is 445 g/mol. The number of aromatic hydroxyl groups is 1. The molecule has 0 aliphatic carbocycles. The number of benzene rings is 2. The van der Waals surface area contributed by atoms with Gasteiger partial charge >= 0.3 is 0 Å². The molecule has 0 unspecified atom stereocenters. The first kappa shape index (κ1) is 18.2. The van der Waals surface area contributed by atoms with E-state index in [4.69, 9.17) is 23.2 Å². The fourth-order valence-electron chi connectivity index (χ4n) is 2.16. The maximum atomic E-state index is 9.97. The largest absolute Gasteiger partial charge is 0.507 e. The van der Waals surface area contributed by atoms with E-state index in [9.17, 15) is 5.11 Å². The summed E-state index contributed by atoms with van der Waals surface area (Å²) in [6.07, 6.45) is 1.59. The number of aromatic nitrogens is 1. The summed E-state index contributed by atoms with van der Waals surface area (Å²) in [6, 6.07) is 10.6. The van der Waals surface area contributed by atoms with E-state index in [1.165, 1.54) is 11.3 Å². The first-order valence-electron chi connectivity index (χ1n) is 7.11. The molecule has 2 aromatic carbocycles. The van der Waals surface area contributed by atoms with Crippen LogP contribution in [0.4, 0.5) is 0 Å². The van der Waals surface area contributed by atoms with Gasteiger partial charge in [-0.15, -0.1) is 11.3 Å². The average Bonchev–Trinajstić information content (AvgIpc) is 3.01. The highest BCUT2D eigenvalue weighted by atomic mass is 79.9. The van der Waals surface area contributed by atoms with Crippen LogP contribution in [0, 0.1) is 0 Å². The molecule has 3 rings (SSSR count). The third kappa shape index (κ3) is 3.98. The van der Waals surface area contributed by atoms with Gasteiger partial charge in [0.1, 0.15) is 5.75 Å². The lowest BCUT2D eigenvalue weighted by molar-refractivity contribution is 0.474. The minimum absolute atomic E-state index is 0.147. The molecule has 0 atom stereocenters. The molecule has 1 aromatic heterocycles. The maximum Gasteiger partial charge on any atom is 0.205 e. The Morgan fingerprint density at radius 2 is 1.96 bits per heavy atom. The van der Waals surface area contributed by atoms with Crippen LogP contribution in [0.25, 0.3) is 11.3 Å². The van der Waals surface area contributed by atoms with Crippen LogP contribution >= 0.6 is 50.5 Å². The molecule has 0 aliphatic rings. The summed E-state index contributed by atoms with van der Waals surface area (Å²) in [7, 11) is 1.70. The summed E-state index contributed by atoms with van der Waals surface area (Å²) in [5.41, 5.74) is 2.29. The van der Waals surface area contributed by atoms with Gasteiger partial charge in [0.05, 0.1) is 22.0 Å². The van der Waals surface area contributed by atoms with Gasteiger partial charge in [-0.2, -0.15) is 5.10 Å². The average molecular weight is 457 g/mol. The molecule has 0 saturated carbocycles. The van der Waals surface area contributed by atoms with E-state index < -0.39 is 0 Å². The SMILES string of the molecule is CN=c1scc(-c2ccc(Cl)c(Cl)c2)n1N=Cc1cc(Br)ccc1O. The van der Waals surface area contributed by atoms with Crippen molar-refractivity contribution < 1.29 is 5.11 Å². The van der Waals surface area contributed by atoms with Crippen molar-refractivity contribution in [1.82, 2.24) is 4.68 Å². The zero-order valence-corrected chi connectivity index (χ0v) is 16.9. The lowest BCUT2D eigenvalue weighted by Gasteiger charge is -2.05. The zero-order chi connectivity index (χ0) is 18.0. The third-order valence-corrected chi connectivity index (χ3v) is 5.53. The molecule has 0 spiro atoms. The van der Waals surface area contributed by atoms with Gasteiger partial charge in [0, 0.05) is 28.0 Å². The van der Waals surface area contributed by atoms with Gasteiger partial charge in [-0.3, -0.25) is 4.99 Å². The van der Waals surface area contributed by atoms with Crippen molar-refractivity contribution in [3.05, 3.63) is 66.7 Å². The predicted octanol–water partition coefficient (Wildman–Crippen LogP) is 5.40. The van der Waals surface area contributed by atoms with E-state index in [1.54, 1.807) is 48.3 Å². The van der Waals surface area contributed by atoms with Gasteiger partial charge in [0.25, 0.3) is 0 Å². The van der Waals surface area contributed by atoms with Crippen LogP contribution in [0.2, 0.25) is 10.0 Å². The highest BCUT2D eigenvalue weighted by Gasteiger charge is 2.09. The highest BCUT2D eigenvalue weighted by molar-refractivity contribution is 9.10. The number of nitrogens with zero attached hydrogens (tertiary/aromatic N) is 3. The van der Waals surface area contributed by atoms with Crippen molar-refractivity contribution in [3.63, 3.8) is 0 Å². The number of thiazole rings is 1. The van der Waals surface area contributed by atoms with Crippen LogP contribution in [0.3, 0.4) is 0 Å². The Morgan fingerprint density at radius 1 is 1.16 bits per heavy atom. The molecule has 1 heterocycles. The summed E-state index contributed by atoms with van der Waals surface area (Å²) in [5, 5.41) is 17.4. The normalized spacial score (nSPS) is 12.2. The number of hydrogen-bond donors (Lipinski definition) is 1. The number of halogens is 3. The first-order valence-corrected chi connectivity index (χ1v) is 9.54. The summed E-state index contributed by atoms with van der Waals surface area (Å²) < 4.78 is 2.55. The van der Waals surface area contributed by atoms with E-state index in [0.29, 0.717) is 20.4 Å². The molecule has 0 fully saturated rings. The minimum atomic E-state index is 0.147. The Bertz CT molecular complexity index is 1030. The van der Waals surface area contributed by atoms with Crippen LogP contribution in [0.1, 0.15) is 5.56 Å². The van der Waals surface area contributed by atoms with Crippen LogP contribution in [0.5, 0.6) is 5.75 Å². The van der Waals surface area contributed by atoms with E-state index in [2.05, 4.69) is 26.0 Å². The van der Waals surface area contributed by atoms with Gasteiger partial charge in [-0.1, -0.05) is 45.2 Å². The van der Waals surface area contributed by atoms with E-state index >= 15 is 0 Å². The van der Waals surface area contributed by atoms with Crippen molar-refractivity contribution in [2.45, 2.75) is 0 Å². The topological polar surface area (TPSA) is 49.9 Å². The lowest BCUT2D eigenvalue weighted by Crippen LogP contribution is -2.11. The minimum Gasteiger partial charge on any atom is -0.507 e. The third-order valence-electron chi connectivity index (χ3n) is 3.39. The van der Waals surface area contributed by atoms with Gasteiger partial charge in [0.2, 0.25) is 4.80 Å². The molecule has 8 heteroatoms. The van der Waals surface area contributed by atoms with Crippen molar-refractivity contribution in [1.29, 1.82) is 0 Å². The van der Waals surface area contributed by atoms with E-state index in [1.807, 2.05) is 11.4 Å². The number of hydrogen-bond acceptors (Lipinski definition) is 4. The fourth-order valence-corrected chi connectivity index (χ4v) is 3.65. The first-order chi connectivity index (χ1) is 12.0. The van der Waals surface area contributed by atoms with Gasteiger partial charge in [-0.05, 0) is 30.3 Å². The summed E-state index contributed by atoms with van der Waals surface area (Å²) >= 11 is 17.0. The number of phenols is 1. The monoisotopic (exact) mass is 455 g/mol. The molecule has 0 bridgehead atoms. The fraction of sp³-hybridized carbons (Fsp3) is 0.0588. The zero-order valence-electron chi connectivity index (χ0n) is 12.9. The Morgan fingerprint density at radius 3 is 2.68 bits per heavy atom. The van der Waals surface area contributed by atoms with Crippen LogP contribution in [-0.2, 0) is 0 Å². The summed E-state index contributed by atoms with van der Waals surface area (Å²) in [6.45, 7) is 0. The van der Waals surface area contributed by atoms with Gasteiger partial charge in [0.15, 0.2) is 0 Å².